The lowest BCUT2D eigenvalue weighted by Crippen LogP contribution is -2.64. The Bertz CT molecular complexity index is 1130. The lowest BCUT2D eigenvalue weighted by Gasteiger charge is -2.41. The van der Waals surface area contributed by atoms with Gasteiger partial charge in [-0.15, -0.1) is 0 Å². The second kappa shape index (κ2) is 35.9. The van der Waals surface area contributed by atoms with E-state index in [-0.39, 0.29) is 12.8 Å². The monoisotopic (exact) mass is 863 g/mol. The smallest absolute Gasteiger partial charge is 0.462 e. The van der Waals surface area contributed by atoms with Crippen LogP contribution in [0.4, 0.5) is 0 Å². The van der Waals surface area contributed by atoms with Crippen molar-refractivity contribution in [2.24, 2.45) is 0 Å². The molecule has 8 atom stereocenters. The van der Waals surface area contributed by atoms with E-state index < -0.39 is 75.7 Å². The average Bonchev–Trinajstić information content (AvgIpc) is 3.21. The van der Waals surface area contributed by atoms with Crippen LogP contribution in [0.25, 0.3) is 0 Å². The first-order valence-corrected chi connectivity index (χ1v) is 24.6. The van der Waals surface area contributed by atoms with Crippen LogP contribution in [0.1, 0.15) is 194 Å². The first kappa shape index (κ1) is 55.3. The fourth-order valence-electron chi connectivity index (χ4n) is 6.98. The zero-order valence-corrected chi connectivity index (χ0v) is 37.4. The highest BCUT2D eigenvalue weighted by molar-refractivity contribution is 7.47. The third-order valence-electron chi connectivity index (χ3n) is 10.8. The molecule has 0 bridgehead atoms. The quantitative estimate of drug-likeness (QED) is 0.0149. The van der Waals surface area contributed by atoms with Gasteiger partial charge in [0.05, 0.1) is 6.61 Å². The molecule has 0 aliphatic heterocycles. The second-order valence-corrected chi connectivity index (χ2v) is 17.7. The summed E-state index contributed by atoms with van der Waals surface area (Å²) < 4.78 is 33.5. The van der Waals surface area contributed by atoms with E-state index in [4.69, 9.17) is 18.5 Å². The van der Waals surface area contributed by atoms with Gasteiger partial charge >= 0.3 is 19.8 Å². The number of hydrogen-bond acceptors (Lipinski definition) is 12. The summed E-state index contributed by atoms with van der Waals surface area (Å²) in [5.74, 6) is -1.14. The van der Waals surface area contributed by atoms with Crippen molar-refractivity contribution in [3.05, 3.63) is 24.3 Å². The number of ether oxygens (including phenoxy) is 2. The minimum absolute atomic E-state index is 0.0743. The molecule has 1 rings (SSSR count). The van der Waals surface area contributed by atoms with Gasteiger partial charge in [-0.3, -0.25) is 18.6 Å². The maximum absolute atomic E-state index is 12.8. The molecule has 1 aliphatic carbocycles. The molecule has 0 saturated heterocycles. The third-order valence-corrected chi connectivity index (χ3v) is 11.8. The average molecular weight is 863 g/mol. The fourth-order valence-corrected chi connectivity index (χ4v) is 7.95. The molecule has 0 amide bonds. The zero-order valence-electron chi connectivity index (χ0n) is 36.6. The Morgan fingerprint density at radius 1 is 0.508 bits per heavy atom. The summed E-state index contributed by atoms with van der Waals surface area (Å²) in [7, 11) is -5.12. The molecule has 13 nitrogen and oxygen atoms in total. The molecule has 0 spiro atoms. The molecule has 1 fully saturated rings. The summed E-state index contributed by atoms with van der Waals surface area (Å²) in [5.41, 5.74) is 0. The van der Waals surface area contributed by atoms with Crippen molar-refractivity contribution in [2.45, 2.75) is 236 Å². The predicted molar refractivity (Wildman–Crippen MR) is 230 cm³/mol. The highest BCUT2D eigenvalue weighted by Crippen LogP contribution is 2.47. The van der Waals surface area contributed by atoms with Gasteiger partial charge < -0.3 is 39.9 Å². The Morgan fingerprint density at radius 3 is 1.32 bits per heavy atom. The van der Waals surface area contributed by atoms with Crippen LogP contribution < -0.4 is 0 Å². The lowest BCUT2D eigenvalue weighted by molar-refractivity contribution is -0.220. The number of esters is 2. The van der Waals surface area contributed by atoms with Crippen LogP contribution in [0.2, 0.25) is 0 Å². The van der Waals surface area contributed by atoms with E-state index in [0.29, 0.717) is 12.8 Å². The number of allylic oxidation sites excluding steroid dienone is 4. The third kappa shape index (κ3) is 28.5. The molecular formula is C45H83O13P. The Balaban J connectivity index is 2.49. The molecule has 6 unspecified atom stereocenters. The SMILES string of the molecule is CCCCCCCCCC/C=C/CCCCCC(=O)O[C@H](COC(=O)CCCC/C=C/CCCCCCCCCCC)COP(=O)(O)OC1C(O)C(O)C(O)[C@@H](O)C1O. The summed E-state index contributed by atoms with van der Waals surface area (Å²) in [4.78, 5) is 35.6. The van der Waals surface area contributed by atoms with E-state index in [1.165, 1.54) is 109 Å². The van der Waals surface area contributed by atoms with Crippen LogP contribution in [-0.2, 0) is 32.7 Å². The van der Waals surface area contributed by atoms with Crippen molar-refractivity contribution in [1.29, 1.82) is 0 Å². The van der Waals surface area contributed by atoms with Crippen LogP contribution in [0.5, 0.6) is 0 Å². The van der Waals surface area contributed by atoms with Gasteiger partial charge in [-0.25, -0.2) is 4.57 Å². The van der Waals surface area contributed by atoms with Crippen molar-refractivity contribution >= 4 is 19.8 Å². The lowest BCUT2D eigenvalue weighted by atomic mass is 9.85. The van der Waals surface area contributed by atoms with E-state index in [9.17, 15) is 44.6 Å². The molecule has 0 aromatic heterocycles. The summed E-state index contributed by atoms with van der Waals surface area (Å²) in [5, 5.41) is 50.1. The zero-order chi connectivity index (χ0) is 43.6. The summed E-state index contributed by atoms with van der Waals surface area (Å²) in [6, 6.07) is 0. The van der Waals surface area contributed by atoms with Crippen LogP contribution >= 0.6 is 7.82 Å². The van der Waals surface area contributed by atoms with E-state index in [2.05, 4.69) is 38.2 Å². The summed E-state index contributed by atoms with van der Waals surface area (Å²) in [6.07, 6.45) is 25.3. The van der Waals surface area contributed by atoms with Crippen LogP contribution in [0.15, 0.2) is 24.3 Å². The van der Waals surface area contributed by atoms with Gasteiger partial charge in [0.2, 0.25) is 0 Å². The second-order valence-electron chi connectivity index (χ2n) is 16.3. The van der Waals surface area contributed by atoms with Crippen LogP contribution in [-0.4, -0.2) is 98.3 Å². The van der Waals surface area contributed by atoms with Crippen molar-refractivity contribution in [2.75, 3.05) is 13.2 Å². The Labute approximate surface area is 356 Å². The van der Waals surface area contributed by atoms with Gasteiger partial charge in [-0.1, -0.05) is 141 Å². The Kier molecular flexibility index (Phi) is 33.7. The number of phosphoric ester groups is 1. The highest BCUT2D eigenvalue weighted by atomic mass is 31.2. The molecular weight excluding hydrogens is 779 g/mol. The van der Waals surface area contributed by atoms with Gasteiger partial charge in [0, 0.05) is 12.8 Å². The van der Waals surface area contributed by atoms with Crippen molar-refractivity contribution < 1.29 is 63.1 Å². The van der Waals surface area contributed by atoms with E-state index in [0.717, 1.165) is 44.9 Å². The number of aliphatic hydroxyl groups is 5. The minimum Gasteiger partial charge on any atom is -0.462 e. The molecule has 0 aromatic rings. The van der Waals surface area contributed by atoms with E-state index >= 15 is 0 Å². The molecule has 0 radical (unpaired) electrons. The van der Waals surface area contributed by atoms with Crippen molar-refractivity contribution in [1.82, 2.24) is 0 Å². The minimum atomic E-state index is -5.12. The molecule has 1 aliphatic rings. The van der Waals surface area contributed by atoms with Crippen LogP contribution in [0, 0.1) is 0 Å². The first-order valence-electron chi connectivity index (χ1n) is 23.1. The molecule has 6 N–H and O–H groups in total. The summed E-state index contributed by atoms with van der Waals surface area (Å²) >= 11 is 0. The van der Waals surface area contributed by atoms with Gasteiger partial charge in [-0.05, 0) is 64.2 Å². The first-order chi connectivity index (χ1) is 28.4. The molecule has 1 saturated carbocycles. The predicted octanol–water partition coefficient (Wildman–Crippen LogP) is 8.84. The number of carbonyl (C=O) groups is 2. The van der Waals surface area contributed by atoms with Gasteiger partial charge in [-0.2, -0.15) is 0 Å². The van der Waals surface area contributed by atoms with Crippen molar-refractivity contribution in [3.63, 3.8) is 0 Å². The Hall–Kier alpha value is -1.67. The number of carbonyl (C=O) groups excluding carboxylic acids is 2. The largest absolute Gasteiger partial charge is 0.472 e. The number of unbranched alkanes of at least 4 members (excludes halogenated alkanes) is 22. The van der Waals surface area contributed by atoms with Crippen LogP contribution in [0.3, 0.4) is 0 Å². The number of aliphatic hydroxyl groups excluding tert-OH is 5. The Morgan fingerprint density at radius 2 is 0.864 bits per heavy atom. The molecule has 0 aromatic carbocycles. The molecule has 59 heavy (non-hydrogen) atoms. The number of hydrogen-bond donors (Lipinski definition) is 6. The summed E-state index contributed by atoms with van der Waals surface area (Å²) in [6.45, 7) is 3.27. The van der Waals surface area contributed by atoms with Gasteiger partial charge in [0.25, 0.3) is 0 Å². The normalized spacial score (nSPS) is 22.5. The molecule has 0 heterocycles. The molecule has 14 heteroatoms. The van der Waals surface area contributed by atoms with E-state index in [1.54, 1.807) is 0 Å². The topological polar surface area (TPSA) is 210 Å². The highest BCUT2D eigenvalue weighted by Gasteiger charge is 2.51. The maximum atomic E-state index is 12.8. The van der Waals surface area contributed by atoms with Gasteiger partial charge in [0.15, 0.2) is 6.10 Å². The standard InChI is InChI=1S/C45H83O13P/c1-3-5-7-9-11-13-15-17-19-21-23-25-27-29-31-33-38(46)55-35-37(36-56-59(53,54)58-45-43(51)41(49)40(48)42(50)44(45)52)57-39(47)34-32-30-28-26-24-22-20-18-16-14-12-10-8-6-4-2/h22-25,37,40-45,48-52H,3-21,26-36H2,1-2H3,(H,53,54)/b24-22+,25-23+/t37-,40?,41-,42?,43?,44?,45?/m1/s1. The number of phosphoric acid groups is 1. The molecule has 346 valence electrons. The van der Waals surface area contributed by atoms with Gasteiger partial charge in [0.1, 0.15) is 43.2 Å². The maximum Gasteiger partial charge on any atom is 0.472 e. The fraction of sp³-hybridized carbons (Fsp3) is 0.867. The van der Waals surface area contributed by atoms with E-state index in [1.807, 2.05) is 0 Å². The van der Waals surface area contributed by atoms with Crippen molar-refractivity contribution in [3.8, 4) is 0 Å². The number of rotatable bonds is 38.